The molecule has 0 radical (unpaired) electrons. The molecule has 0 rings (SSSR count). The lowest BCUT2D eigenvalue weighted by atomic mass is 10.0. The summed E-state index contributed by atoms with van der Waals surface area (Å²) in [5.74, 6) is 0.860. The first kappa shape index (κ1) is 33.0. The van der Waals surface area contributed by atoms with Crippen molar-refractivity contribution in [2.75, 3.05) is 13.2 Å². The molecule has 0 aliphatic carbocycles. The van der Waals surface area contributed by atoms with Crippen LogP contribution in [-0.4, -0.2) is 19.4 Å². The number of unbranched alkanes of at least 4 members (excludes halogenated alkanes) is 18. The van der Waals surface area contributed by atoms with Crippen molar-refractivity contribution < 1.29 is 14.3 Å². The standard InChI is InChI=1S/C31H60O3/c1-4-5-6-7-8-9-10-13-16-19-22-25-28-33-31(32)34-29-26-23-20-17-14-11-12-15-18-21-24-27-30(2)3/h7-8,30H,4-6,9-29H2,1-3H3/b8-7-. The minimum atomic E-state index is -0.483. The van der Waals surface area contributed by atoms with Crippen LogP contribution < -0.4 is 0 Å². The molecule has 0 N–H and O–H groups in total. The molecule has 0 aromatic carbocycles. The molecule has 0 spiro atoms. The Morgan fingerprint density at radius 3 is 1.38 bits per heavy atom. The quantitative estimate of drug-likeness (QED) is 0.0701. The molecule has 0 unspecified atom stereocenters. The molecule has 3 heteroatoms. The highest BCUT2D eigenvalue weighted by molar-refractivity contribution is 5.59. The molecule has 0 heterocycles. The largest absolute Gasteiger partial charge is 0.508 e. The molecular weight excluding hydrogens is 420 g/mol. The maximum absolute atomic E-state index is 11.6. The Morgan fingerprint density at radius 2 is 0.941 bits per heavy atom. The Kier molecular flexibility index (Phi) is 27.4. The maximum Gasteiger partial charge on any atom is 0.508 e. The van der Waals surface area contributed by atoms with Gasteiger partial charge in [-0.3, -0.25) is 0 Å². The van der Waals surface area contributed by atoms with Crippen LogP contribution in [0.3, 0.4) is 0 Å². The van der Waals surface area contributed by atoms with Crippen LogP contribution in [0.25, 0.3) is 0 Å². The van der Waals surface area contributed by atoms with Crippen molar-refractivity contribution in [3.8, 4) is 0 Å². The number of rotatable bonds is 26. The van der Waals surface area contributed by atoms with Gasteiger partial charge in [0.05, 0.1) is 13.2 Å². The van der Waals surface area contributed by atoms with E-state index in [-0.39, 0.29) is 0 Å². The molecule has 0 aliphatic rings. The van der Waals surface area contributed by atoms with Crippen LogP contribution in [0.15, 0.2) is 12.2 Å². The van der Waals surface area contributed by atoms with Gasteiger partial charge >= 0.3 is 6.16 Å². The van der Waals surface area contributed by atoms with Crippen LogP contribution in [0.1, 0.15) is 162 Å². The van der Waals surface area contributed by atoms with E-state index in [2.05, 4.69) is 32.9 Å². The lowest BCUT2D eigenvalue weighted by Gasteiger charge is -2.07. The van der Waals surface area contributed by atoms with Crippen molar-refractivity contribution in [2.24, 2.45) is 5.92 Å². The molecule has 34 heavy (non-hydrogen) atoms. The minimum Gasteiger partial charge on any atom is -0.434 e. The van der Waals surface area contributed by atoms with Gasteiger partial charge in [-0.2, -0.15) is 0 Å². The molecule has 0 aromatic heterocycles. The second kappa shape index (κ2) is 28.2. The summed E-state index contributed by atoms with van der Waals surface area (Å²) in [6.45, 7) is 7.87. The smallest absolute Gasteiger partial charge is 0.434 e. The zero-order chi connectivity index (χ0) is 25.0. The zero-order valence-corrected chi connectivity index (χ0v) is 23.4. The predicted octanol–water partition coefficient (Wildman–Crippen LogP) is 11.0. The van der Waals surface area contributed by atoms with Gasteiger partial charge in [0.25, 0.3) is 0 Å². The maximum atomic E-state index is 11.6. The van der Waals surface area contributed by atoms with Crippen LogP contribution >= 0.6 is 0 Å². The molecule has 0 atom stereocenters. The predicted molar refractivity (Wildman–Crippen MR) is 149 cm³/mol. The van der Waals surface area contributed by atoms with Gasteiger partial charge < -0.3 is 9.47 Å². The SMILES string of the molecule is CCCC/C=C\CCCCCCCCOC(=O)OCCCCCCCCCCCCCC(C)C. The second-order valence-corrected chi connectivity index (χ2v) is 10.5. The zero-order valence-electron chi connectivity index (χ0n) is 23.4. The van der Waals surface area contributed by atoms with Crippen molar-refractivity contribution in [3.63, 3.8) is 0 Å². The summed E-state index contributed by atoms with van der Waals surface area (Å²) in [4.78, 5) is 11.6. The van der Waals surface area contributed by atoms with Gasteiger partial charge in [0.2, 0.25) is 0 Å². The number of carbonyl (C=O) groups excluding carboxylic acids is 1. The van der Waals surface area contributed by atoms with Crippen molar-refractivity contribution >= 4 is 6.16 Å². The first-order valence-electron chi connectivity index (χ1n) is 15.1. The topological polar surface area (TPSA) is 35.5 Å². The Hall–Kier alpha value is -0.990. The highest BCUT2D eigenvalue weighted by Gasteiger charge is 2.03. The Morgan fingerprint density at radius 1 is 0.559 bits per heavy atom. The van der Waals surface area contributed by atoms with Crippen LogP contribution in [0.2, 0.25) is 0 Å². The summed E-state index contributed by atoms with van der Waals surface area (Å²) >= 11 is 0. The van der Waals surface area contributed by atoms with Crippen molar-refractivity contribution in [1.29, 1.82) is 0 Å². The van der Waals surface area contributed by atoms with E-state index in [0.29, 0.717) is 13.2 Å². The summed E-state index contributed by atoms with van der Waals surface area (Å²) in [5, 5.41) is 0. The normalized spacial score (nSPS) is 11.5. The summed E-state index contributed by atoms with van der Waals surface area (Å²) in [5.41, 5.74) is 0. The van der Waals surface area contributed by atoms with E-state index in [4.69, 9.17) is 9.47 Å². The van der Waals surface area contributed by atoms with E-state index >= 15 is 0 Å². The van der Waals surface area contributed by atoms with Crippen LogP contribution in [-0.2, 0) is 9.47 Å². The van der Waals surface area contributed by atoms with Gasteiger partial charge in [-0.1, -0.05) is 142 Å². The van der Waals surface area contributed by atoms with E-state index in [1.807, 2.05) is 0 Å². The lowest BCUT2D eigenvalue weighted by molar-refractivity contribution is 0.0529. The van der Waals surface area contributed by atoms with Crippen LogP contribution in [0.4, 0.5) is 4.79 Å². The minimum absolute atomic E-state index is 0.483. The van der Waals surface area contributed by atoms with E-state index in [9.17, 15) is 4.79 Å². The van der Waals surface area contributed by atoms with Crippen LogP contribution in [0, 0.1) is 5.92 Å². The molecule has 3 nitrogen and oxygen atoms in total. The molecule has 0 fully saturated rings. The van der Waals surface area contributed by atoms with E-state index in [0.717, 1.165) is 31.6 Å². The average Bonchev–Trinajstić information content (AvgIpc) is 2.82. The van der Waals surface area contributed by atoms with E-state index in [1.165, 1.54) is 116 Å². The summed E-state index contributed by atoms with van der Waals surface area (Å²) in [6, 6.07) is 0. The number of allylic oxidation sites excluding steroid dienone is 2. The molecule has 0 saturated heterocycles. The highest BCUT2D eigenvalue weighted by atomic mass is 16.7. The number of carbonyl (C=O) groups is 1. The average molecular weight is 481 g/mol. The molecule has 0 aromatic rings. The molecule has 0 amide bonds. The third kappa shape index (κ3) is 29.0. The Bertz CT molecular complexity index is 430. The summed E-state index contributed by atoms with van der Waals surface area (Å²) in [7, 11) is 0. The molecule has 0 bridgehead atoms. The first-order valence-corrected chi connectivity index (χ1v) is 15.1. The monoisotopic (exact) mass is 480 g/mol. The summed E-state index contributed by atoms with van der Waals surface area (Å²) < 4.78 is 10.4. The fraction of sp³-hybridized carbons (Fsp3) is 0.903. The van der Waals surface area contributed by atoms with Crippen LogP contribution in [0.5, 0.6) is 0 Å². The Labute approximate surface area is 213 Å². The van der Waals surface area contributed by atoms with Gasteiger partial charge in [-0.15, -0.1) is 0 Å². The fourth-order valence-electron chi connectivity index (χ4n) is 4.23. The van der Waals surface area contributed by atoms with Gasteiger partial charge in [-0.05, 0) is 38.0 Å². The Balaban J connectivity index is 3.18. The molecular formula is C31H60O3. The van der Waals surface area contributed by atoms with Gasteiger partial charge in [0, 0.05) is 0 Å². The summed E-state index contributed by atoms with van der Waals surface area (Å²) in [6.07, 6.45) is 32.3. The number of hydrogen-bond acceptors (Lipinski definition) is 3. The number of ether oxygens (including phenoxy) is 2. The van der Waals surface area contributed by atoms with E-state index in [1.54, 1.807) is 0 Å². The number of hydrogen-bond donors (Lipinski definition) is 0. The van der Waals surface area contributed by atoms with Crippen molar-refractivity contribution in [3.05, 3.63) is 12.2 Å². The molecule has 0 saturated carbocycles. The second-order valence-electron chi connectivity index (χ2n) is 10.5. The highest BCUT2D eigenvalue weighted by Crippen LogP contribution is 2.14. The molecule has 0 aliphatic heterocycles. The van der Waals surface area contributed by atoms with Crippen molar-refractivity contribution in [1.82, 2.24) is 0 Å². The van der Waals surface area contributed by atoms with Gasteiger partial charge in [0.15, 0.2) is 0 Å². The third-order valence-electron chi connectivity index (χ3n) is 6.52. The first-order chi connectivity index (χ1) is 16.7. The van der Waals surface area contributed by atoms with Crippen molar-refractivity contribution in [2.45, 2.75) is 162 Å². The van der Waals surface area contributed by atoms with Gasteiger partial charge in [-0.25, -0.2) is 4.79 Å². The lowest BCUT2D eigenvalue weighted by Crippen LogP contribution is -2.09. The third-order valence-corrected chi connectivity index (χ3v) is 6.52. The van der Waals surface area contributed by atoms with E-state index < -0.39 is 6.16 Å². The van der Waals surface area contributed by atoms with Gasteiger partial charge in [0.1, 0.15) is 0 Å². The fourth-order valence-corrected chi connectivity index (χ4v) is 4.23. The molecule has 202 valence electrons.